The molecule has 0 fully saturated rings. The van der Waals surface area contributed by atoms with E-state index in [2.05, 4.69) is 38.2 Å². The van der Waals surface area contributed by atoms with Crippen molar-refractivity contribution in [3.8, 4) is 0 Å². The Kier molecular flexibility index (Phi) is 40.8. The molecule has 59 heavy (non-hydrogen) atoms. The molecule has 0 bridgehead atoms. The molecule has 0 aliphatic carbocycles. The second kappa shape index (κ2) is 41.8. The number of ether oxygens (including phenoxy) is 2. The normalized spacial score (nSPS) is 13.7. The smallest absolute Gasteiger partial charge is 0.462 e. The third kappa shape index (κ3) is 45.8. The summed E-state index contributed by atoms with van der Waals surface area (Å²) >= 11 is 0. The zero-order valence-electron chi connectivity index (χ0n) is 39.2. The molecule has 0 amide bonds. The van der Waals surface area contributed by atoms with E-state index in [1.807, 2.05) is 21.1 Å². The van der Waals surface area contributed by atoms with Crippen molar-refractivity contribution in [1.29, 1.82) is 0 Å². The lowest BCUT2D eigenvalue weighted by molar-refractivity contribution is -0.870. The van der Waals surface area contributed by atoms with Crippen molar-refractivity contribution in [2.24, 2.45) is 0 Å². The van der Waals surface area contributed by atoms with Crippen LogP contribution in [0.3, 0.4) is 0 Å². The van der Waals surface area contributed by atoms with Gasteiger partial charge in [-0.1, -0.05) is 192 Å². The highest BCUT2D eigenvalue weighted by atomic mass is 31.2. The summed E-state index contributed by atoms with van der Waals surface area (Å²) in [6.45, 7) is 4.42. The second-order valence-corrected chi connectivity index (χ2v) is 19.3. The van der Waals surface area contributed by atoms with Crippen LogP contribution in [0.15, 0.2) is 24.3 Å². The topological polar surface area (TPSA) is 108 Å². The van der Waals surface area contributed by atoms with E-state index < -0.39 is 26.5 Å². The van der Waals surface area contributed by atoms with Gasteiger partial charge in [0, 0.05) is 12.8 Å². The molecule has 0 aromatic carbocycles. The first-order chi connectivity index (χ1) is 28.5. The van der Waals surface area contributed by atoms with Crippen LogP contribution in [0.5, 0.6) is 0 Å². The van der Waals surface area contributed by atoms with Crippen molar-refractivity contribution in [1.82, 2.24) is 0 Å². The minimum atomic E-state index is -4.37. The number of quaternary nitrogens is 1. The SMILES string of the molecule is CCCCCCC/C=C\C/C=C\CCCCCCCCCCCCCCCC(=O)OC(COC(=O)CCCCCCCCCCCC)COP(=O)(O)OCC[N+](C)(C)C. The lowest BCUT2D eigenvalue weighted by atomic mass is 10.0. The number of carbonyl (C=O) groups excluding carboxylic acids is 2. The van der Waals surface area contributed by atoms with Crippen molar-refractivity contribution >= 4 is 19.8 Å². The zero-order valence-corrected chi connectivity index (χ0v) is 40.1. The third-order valence-electron chi connectivity index (χ3n) is 10.7. The van der Waals surface area contributed by atoms with Gasteiger partial charge < -0.3 is 18.9 Å². The number of rotatable bonds is 45. The second-order valence-electron chi connectivity index (χ2n) is 17.9. The molecule has 1 N–H and O–H groups in total. The van der Waals surface area contributed by atoms with Gasteiger partial charge in [-0.2, -0.15) is 0 Å². The van der Waals surface area contributed by atoms with Crippen molar-refractivity contribution in [3.05, 3.63) is 24.3 Å². The number of phosphoric acid groups is 1. The number of carbonyl (C=O) groups is 2. The summed E-state index contributed by atoms with van der Waals surface area (Å²) in [5, 5.41) is 0. The van der Waals surface area contributed by atoms with Crippen LogP contribution in [0.25, 0.3) is 0 Å². The third-order valence-corrected chi connectivity index (χ3v) is 11.7. The Hall–Kier alpha value is -1.51. The number of esters is 2. The molecule has 10 heteroatoms. The van der Waals surface area contributed by atoms with Gasteiger partial charge in [0.15, 0.2) is 6.10 Å². The number of hydrogen-bond donors (Lipinski definition) is 1. The Labute approximate surface area is 364 Å². The Morgan fingerprint density at radius 2 is 0.915 bits per heavy atom. The van der Waals surface area contributed by atoms with Crippen molar-refractivity contribution < 1.29 is 42.1 Å². The summed E-state index contributed by atoms with van der Waals surface area (Å²) in [4.78, 5) is 35.4. The van der Waals surface area contributed by atoms with Crippen LogP contribution in [0.1, 0.15) is 226 Å². The molecular weight excluding hydrogens is 762 g/mol. The van der Waals surface area contributed by atoms with E-state index in [4.69, 9.17) is 18.5 Å². The van der Waals surface area contributed by atoms with Crippen LogP contribution in [0.2, 0.25) is 0 Å². The Morgan fingerprint density at radius 1 is 0.525 bits per heavy atom. The number of hydrogen-bond acceptors (Lipinski definition) is 7. The molecule has 0 saturated carbocycles. The van der Waals surface area contributed by atoms with Gasteiger partial charge in [-0.05, 0) is 44.9 Å². The highest BCUT2D eigenvalue weighted by Gasteiger charge is 2.27. The molecule has 0 spiro atoms. The summed E-state index contributed by atoms with van der Waals surface area (Å²) < 4.78 is 34.3. The fourth-order valence-electron chi connectivity index (χ4n) is 6.87. The Balaban J connectivity index is 4.14. The molecule has 0 aromatic heterocycles. The molecule has 0 saturated heterocycles. The van der Waals surface area contributed by atoms with Crippen LogP contribution >= 0.6 is 7.82 Å². The molecule has 348 valence electrons. The van der Waals surface area contributed by atoms with E-state index in [0.717, 1.165) is 38.5 Å². The van der Waals surface area contributed by atoms with Crippen LogP contribution in [-0.4, -0.2) is 74.9 Å². The van der Waals surface area contributed by atoms with E-state index in [0.29, 0.717) is 23.9 Å². The minimum absolute atomic E-state index is 0.0339. The summed E-state index contributed by atoms with van der Waals surface area (Å²) in [6.07, 6.45) is 46.7. The summed E-state index contributed by atoms with van der Waals surface area (Å²) in [7, 11) is 1.48. The predicted molar refractivity (Wildman–Crippen MR) is 247 cm³/mol. The lowest BCUT2D eigenvalue weighted by Crippen LogP contribution is -2.37. The fraction of sp³-hybridized carbons (Fsp3) is 0.878. The number of allylic oxidation sites excluding steroid dienone is 4. The van der Waals surface area contributed by atoms with Crippen LogP contribution < -0.4 is 0 Å². The minimum Gasteiger partial charge on any atom is -0.462 e. The molecule has 9 nitrogen and oxygen atoms in total. The Morgan fingerprint density at radius 3 is 1.34 bits per heavy atom. The van der Waals surface area contributed by atoms with Gasteiger partial charge in [-0.3, -0.25) is 18.6 Å². The van der Waals surface area contributed by atoms with E-state index in [1.54, 1.807) is 0 Å². The van der Waals surface area contributed by atoms with E-state index >= 15 is 0 Å². The predicted octanol–water partition coefficient (Wildman–Crippen LogP) is 14.3. The van der Waals surface area contributed by atoms with Gasteiger partial charge in [0.1, 0.15) is 19.8 Å². The maximum atomic E-state index is 12.7. The molecule has 0 radical (unpaired) electrons. The monoisotopic (exact) mass is 857 g/mol. The highest BCUT2D eigenvalue weighted by molar-refractivity contribution is 7.47. The molecule has 0 heterocycles. The van der Waals surface area contributed by atoms with E-state index in [9.17, 15) is 19.0 Å². The molecule has 2 atom stereocenters. The maximum absolute atomic E-state index is 12.7. The highest BCUT2D eigenvalue weighted by Crippen LogP contribution is 2.43. The quantitative estimate of drug-likeness (QED) is 0.0212. The molecule has 0 aromatic rings. The van der Waals surface area contributed by atoms with E-state index in [1.165, 1.54) is 154 Å². The standard InChI is InChI=1S/C49H94NO8P/c1-6-8-10-12-14-16-18-19-20-21-22-23-24-25-26-27-28-29-30-31-32-34-36-38-40-42-49(52)58-47(46-57-59(53,54)56-44-43-50(3,4)5)45-55-48(51)41-39-37-35-33-17-15-13-11-9-7-2/h18-19,21-22,47H,6-17,20,23-46H2,1-5H3/p+1/b19-18-,22-21-. The van der Waals surface area contributed by atoms with Gasteiger partial charge in [0.05, 0.1) is 27.7 Å². The lowest BCUT2D eigenvalue weighted by Gasteiger charge is -2.24. The maximum Gasteiger partial charge on any atom is 0.472 e. The number of phosphoric ester groups is 1. The van der Waals surface area contributed by atoms with Gasteiger partial charge in [0.25, 0.3) is 0 Å². The molecule has 0 aliphatic rings. The van der Waals surface area contributed by atoms with Gasteiger partial charge >= 0.3 is 19.8 Å². The molecule has 2 unspecified atom stereocenters. The largest absolute Gasteiger partial charge is 0.472 e. The average molecular weight is 857 g/mol. The average Bonchev–Trinajstić information content (AvgIpc) is 3.19. The molecular formula is C49H95NO8P+. The first-order valence-corrected chi connectivity index (χ1v) is 26.1. The van der Waals surface area contributed by atoms with Crippen LogP contribution in [0, 0.1) is 0 Å². The summed E-state index contributed by atoms with van der Waals surface area (Å²) in [6, 6.07) is 0. The fourth-order valence-corrected chi connectivity index (χ4v) is 7.61. The Bertz CT molecular complexity index is 1060. The summed E-state index contributed by atoms with van der Waals surface area (Å²) in [5.41, 5.74) is 0. The van der Waals surface area contributed by atoms with Crippen molar-refractivity contribution in [3.63, 3.8) is 0 Å². The summed E-state index contributed by atoms with van der Waals surface area (Å²) in [5.74, 6) is -0.792. The number of unbranched alkanes of at least 4 members (excludes halogenated alkanes) is 27. The molecule has 0 aliphatic heterocycles. The number of nitrogens with zero attached hydrogens (tertiary/aromatic N) is 1. The molecule has 0 rings (SSSR count). The van der Waals surface area contributed by atoms with Crippen LogP contribution in [0.4, 0.5) is 0 Å². The first-order valence-electron chi connectivity index (χ1n) is 24.6. The van der Waals surface area contributed by atoms with Gasteiger partial charge in [-0.15, -0.1) is 0 Å². The number of likely N-dealkylation sites (N-methyl/N-ethyl adjacent to an activating group) is 1. The van der Waals surface area contributed by atoms with Crippen molar-refractivity contribution in [2.75, 3.05) is 47.5 Å². The first kappa shape index (κ1) is 57.5. The van der Waals surface area contributed by atoms with E-state index in [-0.39, 0.29) is 25.6 Å². The zero-order chi connectivity index (χ0) is 43.6. The van der Waals surface area contributed by atoms with Crippen molar-refractivity contribution in [2.45, 2.75) is 232 Å². The van der Waals surface area contributed by atoms with Crippen LogP contribution in [-0.2, 0) is 32.7 Å². The van der Waals surface area contributed by atoms with Gasteiger partial charge in [0.2, 0.25) is 0 Å². The van der Waals surface area contributed by atoms with Gasteiger partial charge in [-0.25, -0.2) is 4.57 Å².